The topological polar surface area (TPSA) is 55.6 Å². The maximum absolute atomic E-state index is 11.0. The number of hydrogen-bond acceptors (Lipinski definition) is 4. The first-order valence-electron chi connectivity index (χ1n) is 4.39. The zero-order valence-corrected chi connectivity index (χ0v) is 8.54. The van der Waals surface area contributed by atoms with E-state index < -0.39 is 0 Å². The molecule has 0 aromatic heterocycles. The lowest BCUT2D eigenvalue weighted by Gasteiger charge is -2.11. The summed E-state index contributed by atoms with van der Waals surface area (Å²) in [5.41, 5.74) is 5.51. The molecule has 0 aromatic carbocycles. The van der Waals surface area contributed by atoms with Crippen LogP contribution < -0.4 is 5.73 Å². The van der Waals surface area contributed by atoms with Crippen LogP contribution in [-0.2, 0) is 9.53 Å². The van der Waals surface area contributed by atoms with Crippen molar-refractivity contribution in [1.82, 2.24) is 4.90 Å². The highest BCUT2D eigenvalue weighted by molar-refractivity contribution is 5.82. The first-order chi connectivity index (χ1) is 6.07. The minimum atomic E-state index is -0.375. The second kappa shape index (κ2) is 6.34. The molecule has 0 unspecified atom stereocenters. The summed E-state index contributed by atoms with van der Waals surface area (Å²) in [5, 5.41) is 0. The third-order valence-corrected chi connectivity index (χ3v) is 1.52. The van der Waals surface area contributed by atoms with Gasteiger partial charge in [0.1, 0.15) is 5.82 Å². The van der Waals surface area contributed by atoms with Crippen LogP contribution in [0.5, 0.6) is 0 Å². The van der Waals surface area contributed by atoms with E-state index in [1.807, 2.05) is 6.92 Å². The van der Waals surface area contributed by atoms with Gasteiger partial charge in [-0.05, 0) is 6.42 Å². The molecule has 0 spiro atoms. The fourth-order valence-electron chi connectivity index (χ4n) is 0.609. The molecule has 4 heteroatoms. The summed E-state index contributed by atoms with van der Waals surface area (Å²) in [4.78, 5) is 12.7. The van der Waals surface area contributed by atoms with Crippen LogP contribution in [0.3, 0.4) is 0 Å². The molecule has 13 heavy (non-hydrogen) atoms. The van der Waals surface area contributed by atoms with Gasteiger partial charge in [0.2, 0.25) is 0 Å². The normalized spacial score (nSPS) is 11.2. The predicted octanol–water partition coefficient (Wildman–Crippen LogP) is 0.691. The lowest BCUT2D eigenvalue weighted by atomic mass is 10.4. The van der Waals surface area contributed by atoms with Crippen molar-refractivity contribution in [3.05, 3.63) is 11.9 Å². The Kier molecular flexibility index (Phi) is 5.76. The Hall–Kier alpha value is -1.19. The minimum absolute atomic E-state index is 0.375. The number of ether oxygens (including phenoxy) is 1. The summed E-state index contributed by atoms with van der Waals surface area (Å²) in [7, 11) is 3.54. The zero-order chi connectivity index (χ0) is 10.3. The van der Waals surface area contributed by atoms with Gasteiger partial charge in [0, 0.05) is 14.1 Å². The van der Waals surface area contributed by atoms with Gasteiger partial charge in [-0.2, -0.15) is 0 Å². The summed E-state index contributed by atoms with van der Waals surface area (Å²) in [6.07, 6.45) is 3.19. The molecule has 0 fully saturated rings. The highest BCUT2D eigenvalue weighted by Gasteiger charge is 2.00. The fraction of sp³-hybridized carbons (Fsp3) is 0.667. The third-order valence-electron chi connectivity index (χ3n) is 1.52. The lowest BCUT2D eigenvalue weighted by molar-refractivity contribution is -0.138. The average Bonchev–Trinajstić information content (AvgIpc) is 2.04. The molecule has 0 aromatic rings. The number of unbranched alkanes of at least 4 members (excludes halogenated alkanes) is 1. The highest BCUT2D eigenvalue weighted by Crippen LogP contribution is 1.93. The van der Waals surface area contributed by atoms with Crippen molar-refractivity contribution in [3.8, 4) is 0 Å². The molecule has 2 N–H and O–H groups in total. The summed E-state index contributed by atoms with van der Waals surface area (Å²) in [6, 6.07) is 0. The van der Waals surface area contributed by atoms with Gasteiger partial charge in [-0.1, -0.05) is 13.3 Å². The second-order valence-corrected chi connectivity index (χ2v) is 2.98. The smallest absolute Gasteiger partial charge is 0.334 e. The van der Waals surface area contributed by atoms with E-state index in [2.05, 4.69) is 0 Å². The molecule has 0 saturated carbocycles. The van der Waals surface area contributed by atoms with Crippen LogP contribution in [0.2, 0.25) is 0 Å². The molecule has 0 atom stereocenters. The standard InChI is InChI=1S/C9H18N2O2/c1-4-5-6-13-9(12)7-8(10)11(2)3/h7H,4-6,10H2,1-3H3/b8-7+. The molecule has 76 valence electrons. The van der Waals surface area contributed by atoms with Gasteiger partial charge in [-0.3, -0.25) is 0 Å². The SMILES string of the molecule is CCCCOC(=O)/C=C(\N)N(C)C. The van der Waals surface area contributed by atoms with Gasteiger partial charge in [0.05, 0.1) is 12.7 Å². The minimum Gasteiger partial charge on any atom is -0.462 e. The van der Waals surface area contributed by atoms with E-state index in [4.69, 9.17) is 10.5 Å². The first-order valence-corrected chi connectivity index (χ1v) is 4.39. The van der Waals surface area contributed by atoms with E-state index in [-0.39, 0.29) is 5.97 Å². The summed E-state index contributed by atoms with van der Waals surface area (Å²) in [5.74, 6) is 0.0288. The number of esters is 1. The van der Waals surface area contributed by atoms with Gasteiger partial charge in [0.25, 0.3) is 0 Å². The van der Waals surface area contributed by atoms with Crippen LogP contribution in [0.15, 0.2) is 11.9 Å². The molecule has 0 aliphatic heterocycles. The van der Waals surface area contributed by atoms with E-state index in [1.165, 1.54) is 6.08 Å². The predicted molar refractivity (Wildman–Crippen MR) is 51.8 cm³/mol. The van der Waals surface area contributed by atoms with E-state index in [0.717, 1.165) is 12.8 Å². The van der Waals surface area contributed by atoms with E-state index in [1.54, 1.807) is 19.0 Å². The van der Waals surface area contributed by atoms with Crippen molar-refractivity contribution in [2.45, 2.75) is 19.8 Å². The largest absolute Gasteiger partial charge is 0.462 e. The fourth-order valence-corrected chi connectivity index (χ4v) is 0.609. The van der Waals surface area contributed by atoms with Crippen molar-refractivity contribution in [2.75, 3.05) is 20.7 Å². The zero-order valence-electron chi connectivity index (χ0n) is 8.54. The summed E-state index contributed by atoms with van der Waals surface area (Å²) >= 11 is 0. The van der Waals surface area contributed by atoms with Crippen LogP contribution in [0.25, 0.3) is 0 Å². The van der Waals surface area contributed by atoms with Crippen molar-refractivity contribution >= 4 is 5.97 Å². The van der Waals surface area contributed by atoms with Crippen molar-refractivity contribution < 1.29 is 9.53 Å². The van der Waals surface area contributed by atoms with Crippen LogP contribution in [0.4, 0.5) is 0 Å². The Balaban J connectivity index is 3.79. The molecule has 0 radical (unpaired) electrons. The molecule has 0 rings (SSSR count). The number of hydrogen-bond donors (Lipinski definition) is 1. The Morgan fingerprint density at radius 3 is 2.62 bits per heavy atom. The van der Waals surface area contributed by atoms with E-state index in [9.17, 15) is 4.79 Å². The molecular formula is C9H18N2O2. The van der Waals surface area contributed by atoms with Gasteiger partial charge in [0.15, 0.2) is 0 Å². The van der Waals surface area contributed by atoms with Gasteiger partial charge < -0.3 is 15.4 Å². The Morgan fingerprint density at radius 1 is 1.54 bits per heavy atom. The highest BCUT2D eigenvalue weighted by atomic mass is 16.5. The second-order valence-electron chi connectivity index (χ2n) is 2.98. The molecule has 0 saturated heterocycles. The number of nitrogens with zero attached hydrogens (tertiary/aromatic N) is 1. The van der Waals surface area contributed by atoms with Crippen LogP contribution in [0.1, 0.15) is 19.8 Å². The Labute approximate surface area is 79.3 Å². The maximum atomic E-state index is 11.0. The van der Waals surface area contributed by atoms with Crippen molar-refractivity contribution in [3.63, 3.8) is 0 Å². The van der Waals surface area contributed by atoms with E-state index >= 15 is 0 Å². The summed E-state index contributed by atoms with van der Waals surface area (Å²) in [6.45, 7) is 2.50. The van der Waals surface area contributed by atoms with Crippen LogP contribution >= 0.6 is 0 Å². The molecule has 0 heterocycles. The monoisotopic (exact) mass is 186 g/mol. The van der Waals surface area contributed by atoms with Crippen molar-refractivity contribution in [2.24, 2.45) is 5.73 Å². The third kappa shape index (κ3) is 6.02. The molecule has 0 aliphatic rings. The molecule has 0 amide bonds. The summed E-state index contributed by atoms with van der Waals surface area (Å²) < 4.78 is 4.88. The number of nitrogens with two attached hydrogens (primary N) is 1. The maximum Gasteiger partial charge on any atom is 0.334 e. The number of carbonyl (C=O) groups is 1. The Bertz CT molecular complexity index is 188. The molecule has 0 bridgehead atoms. The van der Waals surface area contributed by atoms with Crippen LogP contribution in [0, 0.1) is 0 Å². The molecule has 0 aliphatic carbocycles. The lowest BCUT2D eigenvalue weighted by Crippen LogP contribution is -2.20. The van der Waals surface area contributed by atoms with Gasteiger partial charge >= 0.3 is 5.97 Å². The molecular weight excluding hydrogens is 168 g/mol. The molecule has 4 nitrogen and oxygen atoms in total. The van der Waals surface area contributed by atoms with E-state index in [0.29, 0.717) is 12.4 Å². The van der Waals surface area contributed by atoms with Gasteiger partial charge in [-0.15, -0.1) is 0 Å². The average molecular weight is 186 g/mol. The van der Waals surface area contributed by atoms with Crippen LogP contribution in [-0.4, -0.2) is 31.6 Å². The Morgan fingerprint density at radius 2 is 2.15 bits per heavy atom. The quantitative estimate of drug-likeness (QED) is 0.390. The first kappa shape index (κ1) is 11.8. The van der Waals surface area contributed by atoms with Gasteiger partial charge in [-0.25, -0.2) is 4.79 Å². The van der Waals surface area contributed by atoms with Crippen molar-refractivity contribution in [1.29, 1.82) is 0 Å². The number of carbonyl (C=O) groups excluding carboxylic acids is 1. The number of rotatable bonds is 5.